The van der Waals surface area contributed by atoms with Crippen LogP contribution in [-0.2, 0) is 11.3 Å². The summed E-state index contributed by atoms with van der Waals surface area (Å²) in [5, 5.41) is 4.58. The Kier molecular flexibility index (Phi) is 6.29. The molecule has 2 heterocycles. The number of hydrogen-bond donors (Lipinski definition) is 1. The molecule has 26 heavy (non-hydrogen) atoms. The molecule has 1 aromatic heterocycles. The van der Waals surface area contributed by atoms with Crippen molar-refractivity contribution < 1.29 is 14.3 Å². The van der Waals surface area contributed by atoms with E-state index >= 15 is 0 Å². The summed E-state index contributed by atoms with van der Waals surface area (Å²) in [7, 11) is 1.33. The molecule has 0 aliphatic carbocycles. The topological polar surface area (TPSA) is 61.9 Å². The summed E-state index contributed by atoms with van der Waals surface area (Å²) in [4.78, 5) is 28.7. The van der Waals surface area contributed by atoms with Crippen molar-refractivity contribution in [1.29, 1.82) is 0 Å². The lowest BCUT2D eigenvalue weighted by Gasteiger charge is -2.34. The number of carbonyl (C=O) groups excluding carboxylic acids is 2. The number of esters is 1. The standard InChI is InChI=1S/C18H20BrN3O3S/c1-25-17(23)16-15(5-10-26-16)20-18(24)22-8-6-21(7-9-22)12-13-3-2-4-14(19)11-13/h2-5,10-11H,6-9,12H2,1H3,(H,20,24). The molecule has 1 saturated heterocycles. The number of ether oxygens (including phenoxy) is 1. The van der Waals surface area contributed by atoms with E-state index in [9.17, 15) is 9.59 Å². The van der Waals surface area contributed by atoms with E-state index in [1.807, 2.05) is 12.1 Å². The van der Waals surface area contributed by atoms with E-state index < -0.39 is 5.97 Å². The number of rotatable bonds is 4. The maximum Gasteiger partial charge on any atom is 0.350 e. The van der Waals surface area contributed by atoms with Gasteiger partial charge in [0.1, 0.15) is 4.88 Å². The number of hydrogen-bond acceptors (Lipinski definition) is 5. The van der Waals surface area contributed by atoms with Gasteiger partial charge in [-0.3, -0.25) is 4.90 Å². The van der Waals surface area contributed by atoms with Crippen LogP contribution in [0.3, 0.4) is 0 Å². The van der Waals surface area contributed by atoms with E-state index in [1.54, 1.807) is 16.3 Å². The predicted molar refractivity (Wildman–Crippen MR) is 106 cm³/mol. The second-order valence-electron chi connectivity index (χ2n) is 5.98. The molecule has 8 heteroatoms. The van der Waals surface area contributed by atoms with Crippen LogP contribution in [0, 0.1) is 0 Å². The summed E-state index contributed by atoms with van der Waals surface area (Å²) < 4.78 is 5.81. The summed E-state index contributed by atoms with van der Waals surface area (Å²) in [6.45, 7) is 3.79. The van der Waals surface area contributed by atoms with Crippen LogP contribution < -0.4 is 5.32 Å². The Balaban J connectivity index is 1.52. The molecule has 0 spiro atoms. The molecule has 0 radical (unpaired) electrons. The Bertz CT molecular complexity index is 787. The van der Waals surface area contributed by atoms with Gasteiger partial charge in [0.15, 0.2) is 0 Å². The fourth-order valence-corrected chi connectivity index (χ4v) is 4.07. The van der Waals surface area contributed by atoms with E-state index in [1.165, 1.54) is 24.0 Å². The molecular weight excluding hydrogens is 418 g/mol. The van der Waals surface area contributed by atoms with Crippen LogP contribution in [0.15, 0.2) is 40.2 Å². The highest BCUT2D eigenvalue weighted by Gasteiger charge is 2.23. The smallest absolute Gasteiger partial charge is 0.350 e. The zero-order chi connectivity index (χ0) is 18.5. The quantitative estimate of drug-likeness (QED) is 0.741. The number of nitrogens with one attached hydrogen (secondary N) is 1. The molecule has 1 N–H and O–H groups in total. The van der Waals surface area contributed by atoms with Gasteiger partial charge in [0.05, 0.1) is 12.8 Å². The Morgan fingerprint density at radius 2 is 2.00 bits per heavy atom. The van der Waals surface area contributed by atoms with Gasteiger partial charge in [-0.25, -0.2) is 9.59 Å². The van der Waals surface area contributed by atoms with Crippen molar-refractivity contribution in [2.75, 3.05) is 38.6 Å². The minimum absolute atomic E-state index is 0.185. The lowest BCUT2D eigenvalue weighted by atomic mass is 10.2. The molecule has 0 atom stereocenters. The maximum absolute atomic E-state index is 12.5. The number of urea groups is 1. The van der Waals surface area contributed by atoms with Crippen LogP contribution in [-0.4, -0.2) is 55.1 Å². The minimum atomic E-state index is -0.436. The number of halogens is 1. The van der Waals surface area contributed by atoms with Crippen molar-refractivity contribution in [1.82, 2.24) is 9.80 Å². The number of benzene rings is 1. The van der Waals surface area contributed by atoms with E-state index in [2.05, 4.69) is 38.3 Å². The highest BCUT2D eigenvalue weighted by atomic mass is 79.9. The summed E-state index contributed by atoms with van der Waals surface area (Å²) in [5.41, 5.74) is 1.75. The summed E-state index contributed by atoms with van der Waals surface area (Å²) in [6, 6.07) is 9.80. The zero-order valence-electron chi connectivity index (χ0n) is 14.4. The van der Waals surface area contributed by atoms with Crippen molar-refractivity contribution in [2.24, 2.45) is 0 Å². The predicted octanol–water partition coefficient (Wildman–Crippen LogP) is 3.65. The second kappa shape index (κ2) is 8.66. The van der Waals surface area contributed by atoms with Crippen molar-refractivity contribution in [2.45, 2.75) is 6.54 Å². The van der Waals surface area contributed by atoms with Crippen LogP contribution in [0.2, 0.25) is 0 Å². The van der Waals surface area contributed by atoms with Crippen molar-refractivity contribution in [3.05, 3.63) is 50.6 Å². The van der Waals surface area contributed by atoms with Gasteiger partial charge < -0.3 is 15.0 Å². The average molecular weight is 438 g/mol. The number of methoxy groups -OCH3 is 1. The Labute approximate surface area is 164 Å². The van der Waals surface area contributed by atoms with Gasteiger partial charge in [0.2, 0.25) is 0 Å². The summed E-state index contributed by atoms with van der Waals surface area (Å²) >= 11 is 4.75. The van der Waals surface area contributed by atoms with E-state index in [0.29, 0.717) is 23.7 Å². The Morgan fingerprint density at radius 3 is 2.69 bits per heavy atom. The van der Waals surface area contributed by atoms with Gasteiger partial charge in [-0.2, -0.15) is 0 Å². The molecule has 2 amide bonds. The van der Waals surface area contributed by atoms with Gasteiger partial charge in [-0.15, -0.1) is 11.3 Å². The highest BCUT2D eigenvalue weighted by Crippen LogP contribution is 2.23. The molecule has 0 saturated carbocycles. The number of carbonyl (C=O) groups is 2. The molecule has 1 aliphatic rings. The van der Waals surface area contributed by atoms with E-state index in [0.717, 1.165) is 24.1 Å². The first-order chi connectivity index (χ1) is 12.6. The molecule has 6 nitrogen and oxygen atoms in total. The molecule has 1 fully saturated rings. The zero-order valence-corrected chi connectivity index (χ0v) is 16.8. The highest BCUT2D eigenvalue weighted by molar-refractivity contribution is 9.10. The number of thiophene rings is 1. The first-order valence-electron chi connectivity index (χ1n) is 8.25. The van der Waals surface area contributed by atoms with E-state index in [4.69, 9.17) is 4.74 Å². The van der Waals surface area contributed by atoms with Gasteiger partial charge in [0, 0.05) is 37.2 Å². The van der Waals surface area contributed by atoms with Crippen molar-refractivity contribution in [3.63, 3.8) is 0 Å². The molecule has 0 unspecified atom stereocenters. The lowest BCUT2D eigenvalue weighted by Crippen LogP contribution is -2.49. The largest absolute Gasteiger partial charge is 0.465 e. The minimum Gasteiger partial charge on any atom is -0.465 e. The first kappa shape index (κ1) is 18.9. The van der Waals surface area contributed by atoms with Crippen LogP contribution in [0.4, 0.5) is 10.5 Å². The third-order valence-electron chi connectivity index (χ3n) is 4.23. The average Bonchev–Trinajstić information content (AvgIpc) is 3.10. The summed E-state index contributed by atoms with van der Waals surface area (Å²) in [5.74, 6) is -0.436. The van der Waals surface area contributed by atoms with Crippen molar-refractivity contribution >= 4 is 45.0 Å². The second-order valence-corrected chi connectivity index (χ2v) is 7.81. The molecule has 3 rings (SSSR count). The van der Waals surface area contributed by atoms with Crippen LogP contribution in [0.25, 0.3) is 0 Å². The first-order valence-corrected chi connectivity index (χ1v) is 9.92. The monoisotopic (exact) mass is 437 g/mol. The number of piperazine rings is 1. The van der Waals surface area contributed by atoms with Crippen LogP contribution in [0.5, 0.6) is 0 Å². The summed E-state index contributed by atoms with van der Waals surface area (Å²) in [6.07, 6.45) is 0. The molecule has 1 aliphatic heterocycles. The van der Waals surface area contributed by atoms with Crippen LogP contribution >= 0.6 is 27.3 Å². The van der Waals surface area contributed by atoms with E-state index in [-0.39, 0.29) is 6.03 Å². The number of amides is 2. The van der Waals surface area contributed by atoms with Crippen LogP contribution in [0.1, 0.15) is 15.2 Å². The van der Waals surface area contributed by atoms with Gasteiger partial charge in [-0.1, -0.05) is 28.1 Å². The van der Waals surface area contributed by atoms with Gasteiger partial charge >= 0.3 is 12.0 Å². The molecule has 2 aromatic rings. The molecule has 0 bridgehead atoms. The van der Waals surface area contributed by atoms with Gasteiger partial charge in [0.25, 0.3) is 0 Å². The van der Waals surface area contributed by atoms with Crippen molar-refractivity contribution in [3.8, 4) is 0 Å². The van der Waals surface area contributed by atoms with Gasteiger partial charge in [-0.05, 0) is 29.1 Å². The Morgan fingerprint density at radius 1 is 1.23 bits per heavy atom. The third kappa shape index (κ3) is 4.63. The fourth-order valence-electron chi connectivity index (χ4n) is 2.86. The maximum atomic E-state index is 12.5. The third-order valence-corrected chi connectivity index (χ3v) is 5.62. The normalized spacial score (nSPS) is 14.9. The molecular formula is C18H20BrN3O3S. The SMILES string of the molecule is COC(=O)c1sccc1NC(=O)N1CCN(Cc2cccc(Br)c2)CC1. The Hall–Kier alpha value is -1.90. The molecule has 1 aromatic carbocycles. The fraction of sp³-hybridized carbons (Fsp3) is 0.333. The number of nitrogens with zero attached hydrogens (tertiary/aromatic N) is 2. The number of anilines is 1. The molecule has 138 valence electrons. The lowest BCUT2D eigenvalue weighted by molar-refractivity contribution is 0.0607.